The van der Waals surface area contributed by atoms with Gasteiger partial charge in [0.1, 0.15) is 11.7 Å². The fourth-order valence-corrected chi connectivity index (χ4v) is 5.40. The van der Waals surface area contributed by atoms with Crippen LogP contribution in [0.25, 0.3) is 0 Å². The number of fused-ring (bicyclic) bond motifs is 4. The Labute approximate surface area is 201 Å². The zero-order chi connectivity index (χ0) is 24.7. The smallest absolute Gasteiger partial charge is 0.325 e. The lowest BCUT2D eigenvalue weighted by Gasteiger charge is -2.43. The summed E-state index contributed by atoms with van der Waals surface area (Å²) < 4.78 is 1.52. The van der Waals surface area contributed by atoms with Crippen LogP contribution in [0, 0.1) is 11.1 Å². The molecule has 11 nitrogen and oxygen atoms in total. The minimum Gasteiger partial charge on any atom is -0.733 e. The quantitative estimate of drug-likeness (QED) is 0.471. The molecule has 4 heterocycles. The topological polar surface area (TPSA) is 138 Å². The van der Waals surface area contributed by atoms with Crippen molar-refractivity contribution in [3.63, 3.8) is 0 Å². The summed E-state index contributed by atoms with van der Waals surface area (Å²) in [5, 5.41) is 22.7. The van der Waals surface area contributed by atoms with E-state index in [0.717, 1.165) is 17.7 Å². The van der Waals surface area contributed by atoms with Crippen LogP contribution >= 0.6 is 0 Å². The second-order valence-electron chi connectivity index (χ2n) is 9.38. The average molecular weight is 481 g/mol. The molecule has 0 radical (unpaired) electrons. The summed E-state index contributed by atoms with van der Waals surface area (Å²) >= 11 is 0. The first kappa shape index (κ1) is 23.1. The lowest BCUT2D eigenvalue weighted by molar-refractivity contribution is -0.134. The maximum atomic E-state index is 13.0. The van der Waals surface area contributed by atoms with Gasteiger partial charge >= 0.3 is 6.03 Å². The predicted octanol–water partition coefficient (Wildman–Crippen LogP) is 1.39. The Balaban J connectivity index is 1.20. The molecule has 1 aromatic carbocycles. The van der Waals surface area contributed by atoms with Gasteiger partial charge in [0, 0.05) is 37.7 Å². The number of pyridine rings is 1. The Kier molecular flexibility index (Phi) is 6.03. The number of hydrogen-bond acceptors (Lipinski definition) is 7. The predicted molar refractivity (Wildman–Crippen MR) is 124 cm³/mol. The van der Waals surface area contributed by atoms with Gasteiger partial charge in [0.15, 0.2) is 0 Å². The van der Waals surface area contributed by atoms with E-state index in [1.54, 1.807) is 11.0 Å². The minimum atomic E-state index is -0.731. The molecule has 5 rings (SSSR count). The number of piperidine rings is 1. The van der Waals surface area contributed by atoms with Crippen molar-refractivity contribution in [3.05, 3.63) is 69.3 Å². The van der Waals surface area contributed by atoms with Crippen molar-refractivity contribution in [3.8, 4) is 0 Å². The molecule has 0 aliphatic carbocycles. The van der Waals surface area contributed by atoms with Crippen LogP contribution in [0.4, 0.5) is 10.5 Å². The van der Waals surface area contributed by atoms with Gasteiger partial charge in [-0.15, -0.1) is 0 Å². The molecule has 11 heteroatoms. The molecule has 0 saturated carbocycles. The fourth-order valence-electron chi connectivity index (χ4n) is 5.40. The molecule has 2 aromatic rings. The van der Waals surface area contributed by atoms with Crippen molar-refractivity contribution in [2.75, 3.05) is 18.3 Å². The number of nitrogens with one attached hydrogen (secondary N) is 1. The SMILES string of the molecule is O=C(CC[C@@H]1NC(=O)N(Cc2ccccc2)C1=O)N1C[C@H]2C[C@@H](C1)c1ccc(N([O-])O)c(=O)n1C2. The molecule has 3 atom stereocenters. The van der Waals surface area contributed by atoms with E-state index >= 15 is 0 Å². The van der Waals surface area contributed by atoms with Gasteiger partial charge in [0.25, 0.3) is 11.5 Å². The highest BCUT2D eigenvalue weighted by Gasteiger charge is 2.40. The normalized spacial score (nSPS) is 23.2. The van der Waals surface area contributed by atoms with Crippen LogP contribution in [0.5, 0.6) is 0 Å². The molecule has 3 aliphatic rings. The van der Waals surface area contributed by atoms with Gasteiger partial charge in [0.05, 0.1) is 6.54 Å². The van der Waals surface area contributed by atoms with Crippen LogP contribution in [0.1, 0.15) is 36.4 Å². The van der Waals surface area contributed by atoms with Crippen molar-refractivity contribution in [2.45, 2.75) is 44.3 Å². The van der Waals surface area contributed by atoms with Gasteiger partial charge < -0.3 is 25.2 Å². The van der Waals surface area contributed by atoms with Crippen LogP contribution in [0.15, 0.2) is 47.3 Å². The Morgan fingerprint density at radius 2 is 1.86 bits per heavy atom. The monoisotopic (exact) mass is 480 g/mol. The summed E-state index contributed by atoms with van der Waals surface area (Å²) in [6.07, 6.45) is 1.17. The largest absolute Gasteiger partial charge is 0.733 e. The molecule has 2 fully saturated rings. The fraction of sp³-hybridized carbons (Fsp3) is 0.417. The maximum Gasteiger partial charge on any atom is 0.325 e. The summed E-state index contributed by atoms with van der Waals surface area (Å²) in [5.74, 6) is -0.438. The van der Waals surface area contributed by atoms with E-state index in [-0.39, 0.29) is 48.7 Å². The molecule has 35 heavy (non-hydrogen) atoms. The number of benzene rings is 1. The standard InChI is InChI=1S/C24H26N5O6/c30-21(9-6-18-22(31)28(24(33)25-18)12-15-4-2-1-3-5-15)26-11-16-10-17(14-26)19-7-8-20(29(34)35)23(32)27(19)13-16/h1-5,7-8,16-18,34H,6,9-14H2,(H,25,33)/q-1/t16-,17+,18+/m1/s1. The number of aromatic nitrogens is 1. The minimum absolute atomic E-state index is 0.0473. The number of hydrogen-bond donors (Lipinski definition) is 2. The maximum absolute atomic E-state index is 13.0. The van der Waals surface area contributed by atoms with E-state index in [4.69, 9.17) is 5.21 Å². The highest BCUT2D eigenvalue weighted by atomic mass is 16.8. The molecule has 3 aliphatic heterocycles. The molecular formula is C24H26N5O6-. The average Bonchev–Trinajstić information content (AvgIpc) is 3.11. The van der Waals surface area contributed by atoms with Gasteiger partial charge in [-0.2, -0.15) is 0 Å². The van der Waals surface area contributed by atoms with Crippen molar-refractivity contribution < 1.29 is 19.6 Å². The molecule has 0 unspecified atom stereocenters. The lowest BCUT2D eigenvalue weighted by atomic mass is 9.83. The Morgan fingerprint density at radius 1 is 1.09 bits per heavy atom. The number of imide groups is 1. The number of rotatable bonds is 6. The van der Waals surface area contributed by atoms with E-state index in [1.165, 1.54) is 15.5 Å². The van der Waals surface area contributed by atoms with Gasteiger partial charge in [-0.3, -0.25) is 24.5 Å². The number of anilines is 1. The zero-order valence-electron chi connectivity index (χ0n) is 19.0. The summed E-state index contributed by atoms with van der Waals surface area (Å²) in [6, 6.07) is 11.0. The summed E-state index contributed by atoms with van der Waals surface area (Å²) in [4.78, 5) is 53.6. The molecule has 2 saturated heterocycles. The zero-order valence-corrected chi connectivity index (χ0v) is 19.0. The van der Waals surface area contributed by atoms with Crippen molar-refractivity contribution >= 4 is 23.5 Å². The second kappa shape index (κ2) is 9.16. The molecule has 0 spiro atoms. The Hall–Kier alpha value is -3.70. The van der Waals surface area contributed by atoms with Crippen LogP contribution in [0.2, 0.25) is 0 Å². The van der Waals surface area contributed by atoms with Crippen molar-refractivity contribution in [1.29, 1.82) is 0 Å². The first-order chi connectivity index (χ1) is 16.8. The third-order valence-corrected chi connectivity index (χ3v) is 7.08. The van der Waals surface area contributed by atoms with Crippen LogP contribution in [0.3, 0.4) is 0 Å². The van der Waals surface area contributed by atoms with E-state index in [9.17, 15) is 24.4 Å². The van der Waals surface area contributed by atoms with Gasteiger partial charge in [0.2, 0.25) is 5.91 Å². The summed E-state index contributed by atoms with van der Waals surface area (Å²) in [5.41, 5.74) is 0.724. The highest BCUT2D eigenvalue weighted by molar-refractivity contribution is 6.04. The van der Waals surface area contributed by atoms with Crippen LogP contribution < -0.4 is 16.1 Å². The van der Waals surface area contributed by atoms with E-state index in [0.29, 0.717) is 19.6 Å². The van der Waals surface area contributed by atoms with Gasteiger partial charge in [-0.1, -0.05) is 30.3 Å². The van der Waals surface area contributed by atoms with E-state index in [1.807, 2.05) is 30.3 Å². The highest BCUT2D eigenvalue weighted by Crippen LogP contribution is 2.36. The van der Waals surface area contributed by atoms with Crippen LogP contribution in [-0.2, 0) is 22.7 Å². The first-order valence-corrected chi connectivity index (χ1v) is 11.6. The summed E-state index contributed by atoms with van der Waals surface area (Å²) in [6.45, 7) is 1.45. The Morgan fingerprint density at radius 3 is 2.60 bits per heavy atom. The molecule has 184 valence electrons. The lowest BCUT2D eigenvalue weighted by Crippen LogP contribution is -2.49. The van der Waals surface area contributed by atoms with E-state index in [2.05, 4.69) is 5.32 Å². The number of likely N-dealkylation sites (tertiary alicyclic amines) is 1. The number of carbonyl (C=O) groups excluding carboxylic acids is 3. The number of nitrogens with zero attached hydrogens (tertiary/aromatic N) is 4. The third kappa shape index (κ3) is 4.40. The number of amides is 4. The number of urea groups is 1. The second-order valence-corrected chi connectivity index (χ2v) is 9.38. The molecule has 1 aromatic heterocycles. The van der Waals surface area contributed by atoms with Crippen molar-refractivity contribution in [1.82, 2.24) is 19.7 Å². The molecule has 2 N–H and O–H groups in total. The van der Waals surface area contributed by atoms with Crippen molar-refractivity contribution in [2.24, 2.45) is 5.92 Å². The van der Waals surface area contributed by atoms with Gasteiger partial charge in [-0.05, 0) is 36.5 Å². The van der Waals surface area contributed by atoms with Gasteiger partial charge in [-0.25, -0.2) is 4.79 Å². The molecular weight excluding hydrogens is 454 g/mol. The third-order valence-electron chi connectivity index (χ3n) is 7.08. The Bertz CT molecular complexity index is 1210. The molecule has 4 amide bonds. The van der Waals surface area contributed by atoms with E-state index < -0.39 is 22.9 Å². The van der Waals surface area contributed by atoms with Crippen LogP contribution in [-0.4, -0.2) is 56.6 Å². The summed E-state index contributed by atoms with van der Waals surface area (Å²) in [7, 11) is 0. The number of carbonyl (C=O) groups is 3. The first-order valence-electron chi connectivity index (χ1n) is 11.6. The molecule has 2 bridgehead atoms.